The zero-order valence-corrected chi connectivity index (χ0v) is 9.25. The van der Waals surface area contributed by atoms with E-state index in [4.69, 9.17) is 26.8 Å². The fourth-order valence-corrected chi connectivity index (χ4v) is 1.28. The Morgan fingerprint density at radius 3 is 2.67 bits per heavy atom. The Morgan fingerprint density at radius 1 is 1.40 bits per heavy atom. The number of halogens is 1. The van der Waals surface area contributed by atoms with E-state index in [1.807, 2.05) is 0 Å². The van der Waals surface area contributed by atoms with Crippen LogP contribution >= 0.6 is 11.6 Å². The highest BCUT2D eigenvalue weighted by atomic mass is 35.5. The lowest BCUT2D eigenvalue weighted by Crippen LogP contribution is -2.06. The molecule has 0 fully saturated rings. The first-order chi connectivity index (χ1) is 7.19. The minimum atomic E-state index is -0.0427. The summed E-state index contributed by atoms with van der Waals surface area (Å²) in [6.45, 7) is 0.978. The average molecular weight is 232 g/mol. The lowest BCUT2D eigenvalue weighted by atomic mass is 10.3. The van der Waals surface area contributed by atoms with Crippen molar-refractivity contribution in [1.29, 1.82) is 0 Å². The van der Waals surface area contributed by atoms with Crippen molar-refractivity contribution >= 4 is 11.6 Å². The van der Waals surface area contributed by atoms with Crippen molar-refractivity contribution in [2.75, 3.05) is 20.3 Å². The van der Waals surface area contributed by atoms with Crippen LogP contribution in [0.25, 0.3) is 0 Å². The highest BCUT2D eigenvalue weighted by molar-refractivity contribution is 6.31. The molecule has 0 aliphatic rings. The fraction of sp³-hybridized carbons (Fsp3) is 0.400. The number of phenols is 1. The Morgan fingerprint density at radius 2 is 2.07 bits per heavy atom. The number of rotatable bonds is 5. The van der Waals surface area contributed by atoms with E-state index in [2.05, 4.69) is 0 Å². The SMILES string of the molecule is COc1cc(Cl)cc(OCCCN)c1O. The zero-order chi connectivity index (χ0) is 11.3. The fourth-order valence-electron chi connectivity index (χ4n) is 1.08. The van der Waals surface area contributed by atoms with Crippen molar-refractivity contribution in [3.8, 4) is 17.2 Å². The van der Waals surface area contributed by atoms with Crippen LogP contribution in [0.3, 0.4) is 0 Å². The maximum absolute atomic E-state index is 9.67. The second-order valence-corrected chi connectivity index (χ2v) is 3.38. The molecular formula is C10H14ClNO3. The lowest BCUT2D eigenvalue weighted by Gasteiger charge is -2.10. The van der Waals surface area contributed by atoms with E-state index in [1.165, 1.54) is 19.2 Å². The predicted octanol–water partition coefficient (Wildman–Crippen LogP) is 1.78. The molecule has 0 aliphatic heterocycles. The number of nitrogens with two attached hydrogens (primary N) is 1. The van der Waals surface area contributed by atoms with E-state index in [0.29, 0.717) is 36.1 Å². The Kier molecular flexibility index (Phi) is 4.52. The molecule has 4 nitrogen and oxygen atoms in total. The smallest absolute Gasteiger partial charge is 0.200 e. The van der Waals surface area contributed by atoms with Crippen LogP contribution in [-0.4, -0.2) is 25.4 Å². The molecule has 15 heavy (non-hydrogen) atoms. The van der Waals surface area contributed by atoms with Gasteiger partial charge in [-0.25, -0.2) is 0 Å². The number of methoxy groups -OCH3 is 1. The summed E-state index contributed by atoms with van der Waals surface area (Å²) in [7, 11) is 1.45. The Hall–Kier alpha value is -1.13. The molecule has 0 amide bonds. The second kappa shape index (κ2) is 5.68. The van der Waals surface area contributed by atoms with Crippen LogP contribution in [-0.2, 0) is 0 Å². The number of aromatic hydroxyl groups is 1. The molecule has 0 spiro atoms. The maximum atomic E-state index is 9.67. The second-order valence-electron chi connectivity index (χ2n) is 2.95. The van der Waals surface area contributed by atoms with Crippen molar-refractivity contribution in [2.24, 2.45) is 5.73 Å². The third kappa shape index (κ3) is 3.18. The number of hydrogen-bond donors (Lipinski definition) is 2. The van der Waals surface area contributed by atoms with Crippen LogP contribution in [0.1, 0.15) is 6.42 Å². The van der Waals surface area contributed by atoms with E-state index in [0.717, 1.165) is 0 Å². The molecule has 1 aromatic carbocycles. The molecule has 84 valence electrons. The molecule has 5 heteroatoms. The summed E-state index contributed by atoms with van der Waals surface area (Å²) < 4.78 is 10.2. The van der Waals surface area contributed by atoms with Crippen LogP contribution in [0.5, 0.6) is 17.2 Å². The third-order valence-electron chi connectivity index (χ3n) is 1.83. The topological polar surface area (TPSA) is 64.7 Å². The summed E-state index contributed by atoms with van der Waals surface area (Å²) in [5.74, 6) is 0.567. The van der Waals surface area contributed by atoms with Gasteiger partial charge in [-0.05, 0) is 13.0 Å². The van der Waals surface area contributed by atoms with Gasteiger partial charge in [0, 0.05) is 17.2 Å². The number of hydrogen-bond acceptors (Lipinski definition) is 4. The minimum Gasteiger partial charge on any atom is -0.502 e. The molecule has 1 rings (SSSR count). The summed E-state index contributed by atoms with van der Waals surface area (Å²) in [4.78, 5) is 0. The van der Waals surface area contributed by atoms with Gasteiger partial charge >= 0.3 is 0 Å². The van der Waals surface area contributed by atoms with Crippen molar-refractivity contribution in [1.82, 2.24) is 0 Å². The van der Waals surface area contributed by atoms with Crippen molar-refractivity contribution in [3.63, 3.8) is 0 Å². The highest BCUT2D eigenvalue weighted by Crippen LogP contribution is 2.38. The van der Waals surface area contributed by atoms with Gasteiger partial charge < -0.3 is 20.3 Å². The number of benzene rings is 1. The highest BCUT2D eigenvalue weighted by Gasteiger charge is 2.10. The molecule has 0 aliphatic carbocycles. The Balaban J connectivity index is 2.81. The number of phenolic OH excluding ortho intramolecular Hbond substituents is 1. The van der Waals surface area contributed by atoms with Crippen molar-refractivity contribution in [3.05, 3.63) is 17.2 Å². The van der Waals surface area contributed by atoms with E-state index in [1.54, 1.807) is 0 Å². The quantitative estimate of drug-likeness (QED) is 0.759. The molecular weight excluding hydrogens is 218 g/mol. The number of ether oxygens (including phenoxy) is 2. The molecule has 0 atom stereocenters. The van der Waals surface area contributed by atoms with E-state index >= 15 is 0 Å². The average Bonchev–Trinajstić information content (AvgIpc) is 2.23. The molecule has 0 bridgehead atoms. The monoisotopic (exact) mass is 231 g/mol. The van der Waals surface area contributed by atoms with Gasteiger partial charge in [0.25, 0.3) is 0 Å². The molecule has 1 aromatic rings. The summed E-state index contributed by atoms with van der Waals surface area (Å²) in [5.41, 5.74) is 5.32. The van der Waals surface area contributed by atoms with Crippen molar-refractivity contribution < 1.29 is 14.6 Å². The lowest BCUT2D eigenvalue weighted by molar-refractivity contribution is 0.287. The Bertz CT molecular complexity index is 331. The maximum Gasteiger partial charge on any atom is 0.200 e. The predicted molar refractivity (Wildman–Crippen MR) is 58.8 cm³/mol. The first kappa shape index (κ1) is 11.9. The van der Waals surface area contributed by atoms with Crippen LogP contribution in [0, 0.1) is 0 Å². The Labute approximate surface area is 93.6 Å². The molecule has 0 saturated heterocycles. The third-order valence-corrected chi connectivity index (χ3v) is 2.05. The van der Waals surface area contributed by atoms with E-state index in [9.17, 15) is 5.11 Å². The van der Waals surface area contributed by atoms with Crippen LogP contribution in [0.2, 0.25) is 5.02 Å². The molecule has 3 N–H and O–H groups in total. The van der Waals surface area contributed by atoms with Crippen molar-refractivity contribution in [2.45, 2.75) is 6.42 Å². The van der Waals surface area contributed by atoms with E-state index in [-0.39, 0.29) is 5.75 Å². The molecule has 0 aromatic heterocycles. The summed E-state index contributed by atoms with van der Waals surface area (Å²) >= 11 is 5.82. The van der Waals surface area contributed by atoms with Gasteiger partial charge in [0.15, 0.2) is 11.5 Å². The van der Waals surface area contributed by atoms with E-state index < -0.39 is 0 Å². The van der Waals surface area contributed by atoms with Gasteiger partial charge in [0.2, 0.25) is 5.75 Å². The summed E-state index contributed by atoms with van der Waals surface area (Å²) in [5, 5.41) is 10.1. The van der Waals surface area contributed by atoms with Gasteiger partial charge in [-0.1, -0.05) is 11.6 Å². The van der Waals surface area contributed by atoms with Gasteiger partial charge in [-0.3, -0.25) is 0 Å². The molecule has 0 unspecified atom stereocenters. The van der Waals surface area contributed by atoms with Crippen LogP contribution in [0.15, 0.2) is 12.1 Å². The van der Waals surface area contributed by atoms with Gasteiger partial charge in [0.1, 0.15) is 0 Å². The van der Waals surface area contributed by atoms with Crippen LogP contribution in [0.4, 0.5) is 0 Å². The van der Waals surface area contributed by atoms with Gasteiger partial charge in [-0.2, -0.15) is 0 Å². The first-order valence-electron chi connectivity index (χ1n) is 4.58. The molecule has 0 heterocycles. The molecule has 0 saturated carbocycles. The first-order valence-corrected chi connectivity index (χ1v) is 4.96. The summed E-state index contributed by atoms with van der Waals surface area (Å²) in [6, 6.07) is 3.06. The van der Waals surface area contributed by atoms with Gasteiger partial charge in [-0.15, -0.1) is 0 Å². The van der Waals surface area contributed by atoms with Gasteiger partial charge in [0.05, 0.1) is 13.7 Å². The minimum absolute atomic E-state index is 0.0427. The standard InChI is InChI=1S/C10H14ClNO3/c1-14-8-5-7(11)6-9(10(8)13)15-4-2-3-12/h5-6,13H,2-4,12H2,1H3. The molecule has 0 radical (unpaired) electrons. The summed E-state index contributed by atoms with van der Waals surface area (Å²) in [6.07, 6.45) is 0.717. The normalized spacial score (nSPS) is 10.1. The zero-order valence-electron chi connectivity index (χ0n) is 8.50. The largest absolute Gasteiger partial charge is 0.502 e. The van der Waals surface area contributed by atoms with Crippen LogP contribution < -0.4 is 15.2 Å².